The summed E-state index contributed by atoms with van der Waals surface area (Å²) in [5.41, 5.74) is 7.19. The van der Waals surface area contributed by atoms with Gasteiger partial charge in [0.1, 0.15) is 5.25 Å². The molecule has 1 aliphatic heterocycles. The zero-order valence-electron chi connectivity index (χ0n) is 13.9. The quantitative estimate of drug-likeness (QED) is 0.322. The fourth-order valence-corrected chi connectivity index (χ4v) is 3.64. The van der Waals surface area contributed by atoms with E-state index >= 15 is 0 Å². The second kappa shape index (κ2) is 8.69. The standard InChI is InChI=1S/C18H14BrClN4O2S/c19-12-3-7-14(8-4-12)24-16(25)9-15(17(24)26)27-18(21)23-22-10-11-1-5-13(20)6-2-11/h1-8,10,15H,9H2,(H2,21,23)/b22-10-/t15-/m0/s1. The number of carbonyl (C=O) groups excluding carboxylic acids is 2. The molecule has 27 heavy (non-hydrogen) atoms. The lowest BCUT2D eigenvalue weighted by Gasteiger charge is -2.14. The van der Waals surface area contributed by atoms with Gasteiger partial charge in [-0.05, 0) is 42.0 Å². The predicted molar refractivity (Wildman–Crippen MR) is 113 cm³/mol. The maximum absolute atomic E-state index is 12.6. The van der Waals surface area contributed by atoms with Crippen molar-refractivity contribution in [2.45, 2.75) is 11.7 Å². The molecule has 0 radical (unpaired) electrons. The van der Waals surface area contributed by atoms with Gasteiger partial charge in [-0.3, -0.25) is 9.59 Å². The van der Waals surface area contributed by atoms with Crippen molar-refractivity contribution in [2.75, 3.05) is 4.90 Å². The molecule has 1 atom stereocenters. The Morgan fingerprint density at radius 1 is 1.19 bits per heavy atom. The van der Waals surface area contributed by atoms with Crippen molar-refractivity contribution in [2.24, 2.45) is 15.9 Å². The van der Waals surface area contributed by atoms with E-state index in [1.165, 1.54) is 11.1 Å². The third kappa shape index (κ3) is 4.97. The van der Waals surface area contributed by atoms with Gasteiger partial charge in [-0.1, -0.05) is 51.4 Å². The third-order valence-corrected chi connectivity index (χ3v) is 5.44. The third-order valence-electron chi connectivity index (χ3n) is 3.69. The molecule has 3 rings (SSSR count). The molecule has 6 nitrogen and oxygen atoms in total. The Morgan fingerprint density at radius 3 is 2.52 bits per heavy atom. The average molecular weight is 466 g/mol. The van der Waals surface area contributed by atoms with Crippen LogP contribution in [0.15, 0.2) is 63.2 Å². The maximum atomic E-state index is 12.6. The number of nitrogens with zero attached hydrogens (tertiary/aromatic N) is 3. The lowest BCUT2D eigenvalue weighted by atomic mass is 10.2. The Balaban J connectivity index is 1.64. The molecule has 2 aromatic rings. The lowest BCUT2D eigenvalue weighted by Crippen LogP contribution is -2.31. The van der Waals surface area contributed by atoms with Crippen LogP contribution in [0, 0.1) is 0 Å². The number of hydrogen-bond acceptors (Lipinski definition) is 5. The van der Waals surface area contributed by atoms with E-state index in [9.17, 15) is 9.59 Å². The van der Waals surface area contributed by atoms with Crippen LogP contribution in [0.4, 0.5) is 5.69 Å². The zero-order chi connectivity index (χ0) is 19.4. The normalized spacial score (nSPS) is 17.9. The average Bonchev–Trinajstić information content (AvgIpc) is 2.91. The molecule has 138 valence electrons. The highest BCUT2D eigenvalue weighted by atomic mass is 79.9. The minimum Gasteiger partial charge on any atom is -0.377 e. The number of carbonyl (C=O) groups is 2. The van der Waals surface area contributed by atoms with Gasteiger partial charge in [0.15, 0.2) is 5.17 Å². The molecule has 0 unspecified atom stereocenters. The molecule has 1 fully saturated rings. The van der Waals surface area contributed by atoms with Gasteiger partial charge in [0.05, 0.1) is 11.9 Å². The number of hydrogen-bond donors (Lipinski definition) is 1. The first kappa shape index (κ1) is 19.6. The van der Waals surface area contributed by atoms with Crippen LogP contribution in [0.5, 0.6) is 0 Å². The number of rotatable bonds is 4. The van der Waals surface area contributed by atoms with Crippen molar-refractivity contribution < 1.29 is 9.59 Å². The summed E-state index contributed by atoms with van der Waals surface area (Å²) in [5, 5.41) is 7.91. The molecule has 0 spiro atoms. The van der Waals surface area contributed by atoms with Gasteiger partial charge < -0.3 is 5.73 Å². The van der Waals surface area contributed by atoms with Crippen LogP contribution in [-0.2, 0) is 9.59 Å². The van der Waals surface area contributed by atoms with Crippen molar-refractivity contribution >= 4 is 68.2 Å². The van der Waals surface area contributed by atoms with Crippen molar-refractivity contribution in [3.8, 4) is 0 Å². The van der Waals surface area contributed by atoms with E-state index in [1.807, 2.05) is 0 Å². The Labute approximate surface area is 173 Å². The first-order valence-electron chi connectivity index (χ1n) is 7.85. The summed E-state index contributed by atoms with van der Waals surface area (Å²) in [4.78, 5) is 26.0. The molecule has 9 heteroatoms. The molecule has 0 bridgehead atoms. The van der Waals surface area contributed by atoms with Gasteiger partial charge in [-0.25, -0.2) is 4.90 Å². The first-order valence-corrected chi connectivity index (χ1v) is 9.90. The lowest BCUT2D eigenvalue weighted by molar-refractivity contribution is -0.121. The van der Waals surface area contributed by atoms with Crippen molar-refractivity contribution in [1.29, 1.82) is 0 Å². The van der Waals surface area contributed by atoms with Gasteiger partial charge in [-0.2, -0.15) is 5.10 Å². The van der Waals surface area contributed by atoms with Gasteiger partial charge in [0.25, 0.3) is 0 Å². The van der Waals surface area contributed by atoms with E-state index in [2.05, 4.69) is 26.1 Å². The highest BCUT2D eigenvalue weighted by Crippen LogP contribution is 2.30. The van der Waals surface area contributed by atoms with E-state index in [0.29, 0.717) is 10.7 Å². The topological polar surface area (TPSA) is 88.1 Å². The summed E-state index contributed by atoms with van der Waals surface area (Å²) in [6, 6.07) is 14.0. The summed E-state index contributed by atoms with van der Waals surface area (Å²) in [5.74, 6) is -0.579. The largest absolute Gasteiger partial charge is 0.377 e. The van der Waals surface area contributed by atoms with Crippen LogP contribution in [0.3, 0.4) is 0 Å². The predicted octanol–water partition coefficient (Wildman–Crippen LogP) is 3.82. The van der Waals surface area contributed by atoms with Crippen LogP contribution in [0.2, 0.25) is 5.02 Å². The van der Waals surface area contributed by atoms with Crippen LogP contribution in [-0.4, -0.2) is 28.4 Å². The maximum Gasteiger partial charge on any atom is 0.247 e. The molecule has 0 aromatic heterocycles. The van der Waals surface area contributed by atoms with E-state index in [4.69, 9.17) is 17.3 Å². The zero-order valence-corrected chi connectivity index (χ0v) is 17.0. The van der Waals surface area contributed by atoms with Crippen molar-refractivity contribution in [3.63, 3.8) is 0 Å². The monoisotopic (exact) mass is 464 g/mol. The van der Waals surface area contributed by atoms with Crippen molar-refractivity contribution in [3.05, 3.63) is 63.6 Å². The van der Waals surface area contributed by atoms with Crippen LogP contribution in [0.1, 0.15) is 12.0 Å². The minimum atomic E-state index is -0.615. The number of anilines is 1. The molecular formula is C18H14BrClN4O2S. The van der Waals surface area contributed by atoms with Gasteiger partial charge in [-0.15, -0.1) is 5.10 Å². The van der Waals surface area contributed by atoms with E-state index in [1.54, 1.807) is 48.5 Å². The van der Waals surface area contributed by atoms with E-state index < -0.39 is 5.25 Å². The Kier molecular flexibility index (Phi) is 6.30. The summed E-state index contributed by atoms with van der Waals surface area (Å²) in [6.07, 6.45) is 1.59. The highest BCUT2D eigenvalue weighted by Gasteiger charge is 2.40. The number of amides is 2. The summed E-state index contributed by atoms with van der Waals surface area (Å²) in [6.45, 7) is 0. The molecule has 1 heterocycles. The van der Waals surface area contributed by atoms with Crippen LogP contribution < -0.4 is 10.6 Å². The number of imide groups is 1. The molecule has 2 N–H and O–H groups in total. The molecule has 0 aliphatic carbocycles. The second-order valence-corrected chi connectivity index (χ2v) is 8.16. The van der Waals surface area contributed by atoms with E-state index in [0.717, 1.165) is 21.8 Å². The summed E-state index contributed by atoms with van der Waals surface area (Å²) < 4.78 is 0.867. The van der Waals surface area contributed by atoms with Crippen LogP contribution >= 0.6 is 39.3 Å². The molecule has 2 amide bonds. The fourth-order valence-electron chi connectivity index (χ4n) is 2.43. The first-order chi connectivity index (χ1) is 12.9. The minimum absolute atomic E-state index is 0.0662. The van der Waals surface area contributed by atoms with Crippen LogP contribution in [0.25, 0.3) is 0 Å². The van der Waals surface area contributed by atoms with Gasteiger partial charge >= 0.3 is 0 Å². The SMILES string of the molecule is NC(=N/N=C\c1ccc(Cl)cc1)S[C@H]1CC(=O)N(c2ccc(Br)cc2)C1=O. The molecule has 1 aliphatic rings. The summed E-state index contributed by atoms with van der Waals surface area (Å²) in [7, 11) is 0. The number of benzene rings is 2. The Hall–Kier alpha value is -2.16. The van der Waals surface area contributed by atoms with E-state index in [-0.39, 0.29) is 23.4 Å². The van der Waals surface area contributed by atoms with Gasteiger partial charge in [0.2, 0.25) is 11.8 Å². The number of halogens is 2. The molecular weight excluding hydrogens is 452 g/mol. The molecule has 2 aromatic carbocycles. The summed E-state index contributed by atoms with van der Waals surface area (Å²) >= 11 is 10.2. The van der Waals surface area contributed by atoms with Crippen molar-refractivity contribution in [1.82, 2.24) is 0 Å². The Bertz CT molecular complexity index is 916. The number of nitrogens with two attached hydrogens (primary N) is 1. The highest BCUT2D eigenvalue weighted by molar-refractivity contribution is 9.10. The smallest absolute Gasteiger partial charge is 0.247 e. The number of amidine groups is 1. The molecule has 0 saturated carbocycles. The molecule has 1 saturated heterocycles. The Morgan fingerprint density at radius 2 is 1.85 bits per heavy atom. The van der Waals surface area contributed by atoms with Gasteiger partial charge in [0, 0.05) is 15.9 Å². The number of thioether (sulfide) groups is 1. The second-order valence-electron chi connectivity index (χ2n) is 5.59. The fraction of sp³-hybridized carbons (Fsp3) is 0.111.